The van der Waals surface area contributed by atoms with Gasteiger partial charge in [0.05, 0.1) is 12.8 Å². The van der Waals surface area contributed by atoms with Crippen molar-refractivity contribution in [1.29, 1.82) is 0 Å². The summed E-state index contributed by atoms with van der Waals surface area (Å²) in [5.74, 6) is 0.906. The zero-order chi connectivity index (χ0) is 14.6. The first kappa shape index (κ1) is 12.8. The number of nitrogens with one attached hydrogen (secondary N) is 1. The minimum Gasteiger partial charge on any atom is -0.497 e. The molecule has 0 amide bonds. The third kappa shape index (κ3) is 1.80. The van der Waals surface area contributed by atoms with Crippen molar-refractivity contribution < 1.29 is 4.74 Å². The Morgan fingerprint density at radius 3 is 2.71 bits per heavy atom. The van der Waals surface area contributed by atoms with Crippen LogP contribution in [0.25, 0.3) is 22.2 Å². The topological polar surface area (TPSA) is 25.0 Å². The predicted molar refractivity (Wildman–Crippen MR) is 89.2 cm³/mol. The zero-order valence-corrected chi connectivity index (χ0v) is 13.2. The van der Waals surface area contributed by atoms with Crippen molar-refractivity contribution in [3.8, 4) is 17.0 Å². The molecule has 2 aromatic carbocycles. The molecule has 21 heavy (non-hydrogen) atoms. The molecule has 0 spiro atoms. The number of rotatable bonds is 1. The van der Waals surface area contributed by atoms with E-state index in [1.54, 1.807) is 7.11 Å². The molecule has 4 rings (SSSR count). The van der Waals surface area contributed by atoms with Crippen molar-refractivity contribution in [3.63, 3.8) is 0 Å². The number of methoxy groups -OCH3 is 1. The maximum absolute atomic E-state index is 5.40. The van der Waals surface area contributed by atoms with Crippen LogP contribution in [0.5, 0.6) is 5.75 Å². The molecule has 0 atom stereocenters. The molecule has 1 N–H and O–H groups in total. The molecule has 1 aliphatic rings. The van der Waals surface area contributed by atoms with E-state index < -0.39 is 0 Å². The second kappa shape index (κ2) is 4.31. The van der Waals surface area contributed by atoms with Gasteiger partial charge in [0.25, 0.3) is 0 Å². The Hall–Kier alpha value is -1.87. The summed E-state index contributed by atoms with van der Waals surface area (Å²) in [6, 6.07) is 14.9. The number of H-pyrrole nitrogens is 1. The van der Waals surface area contributed by atoms with Gasteiger partial charge in [-0.15, -0.1) is 11.8 Å². The Labute approximate surface area is 128 Å². The van der Waals surface area contributed by atoms with Gasteiger partial charge in [0, 0.05) is 31.7 Å². The van der Waals surface area contributed by atoms with Crippen LogP contribution in [-0.4, -0.2) is 12.1 Å². The van der Waals surface area contributed by atoms with Crippen LogP contribution >= 0.6 is 11.8 Å². The van der Waals surface area contributed by atoms with Crippen LogP contribution in [0.15, 0.2) is 47.4 Å². The summed E-state index contributed by atoms with van der Waals surface area (Å²) in [5, 5.41) is 1.26. The Morgan fingerprint density at radius 2 is 1.90 bits per heavy atom. The van der Waals surface area contributed by atoms with E-state index in [-0.39, 0.29) is 4.75 Å². The van der Waals surface area contributed by atoms with E-state index in [1.807, 2.05) is 17.8 Å². The van der Waals surface area contributed by atoms with Gasteiger partial charge in [-0.1, -0.05) is 18.2 Å². The molecular weight excluding hydrogens is 278 g/mol. The molecule has 2 nitrogen and oxygen atoms in total. The Morgan fingerprint density at radius 1 is 1.10 bits per heavy atom. The number of ether oxygens (including phenoxy) is 1. The van der Waals surface area contributed by atoms with Crippen LogP contribution in [0.3, 0.4) is 0 Å². The number of aromatic nitrogens is 1. The van der Waals surface area contributed by atoms with Gasteiger partial charge in [-0.05, 0) is 38.1 Å². The lowest BCUT2D eigenvalue weighted by Crippen LogP contribution is -2.16. The normalized spacial score (nSPS) is 15.6. The maximum Gasteiger partial charge on any atom is 0.119 e. The highest BCUT2D eigenvalue weighted by atomic mass is 32.2. The average molecular weight is 295 g/mol. The highest BCUT2D eigenvalue weighted by molar-refractivity contribution is 8.00. The number of aromatic amines is 1. The smallest absolute Gasteiger partial charge is 0.119 e. The second-order valence-corrected chi connectivity index (χ2v) is 7.56. The highest BCUT2D eigenvalue weighted by Crippen LogP contribution is 2.54. The lowest BCUT2D eigenvalue weighted by atomic mass is 9.94. The van der Waals surface area contributed by atoms with Crippen LogP contribution < -0.4 is 4.74 Å². The van der Waals surface area contributed by atoms with Crippen molar-refractivity contribution >= 4 is 22.7 Å². The molecule has 0 bridgehead atoms. The van der Waals surface area contributed by atoms with Gasteiger partial charge >= 0.3 is 0 Å². The fourth-order valence-electron chi connectivity index (χ4n) is 3.21. The molecule has 2 heterocycles. The summed E-state index contributed by atoms with van der Waals surface area (Å²) in [7, 11) is 1.72. The van der Waals surface area contributed by atoms with Gasteiger partial charge in [0.1, 0.15) is 5.75 Å². The van der Waals surface area contributed by atoms with E-state index in [1.165, 1.54) is 32.6 Å². The summed E-state index contributed by atoms with van der Waals surface area (Å²) in [6.07, 6.45) is 0. The lowest BCUT2D eigenvalue weighted by molar-refractivity contribution is 0.415. The number of thioether (sulfide) groups is 1. The van der Waals surface area contributed by atoms with E-state index in [0.29, 0.717) is 0 Å². The Bertz CT molecular complexity index is 848. The van der Waals surface area contributed by atoms with Crippen molar-refractivity contribution in [2.45, 2.75) is 23.5 Å². The van der Waals surface area contributed by atoms with E-state index in [2.05, 4.69) is 55.2 Å². The molecule has 3 aromatic rings. The van der Waals surface area contributed by atoms with Crippen LogP contribution in [0.1, 0.15) is 19.4 Å². The fourth-order valence-corrected chi connectivity index (χ4v) is 4.50. The van der Waals surface area contributed by atoms with Crippen LogP contribution in [0.2, 0.25) is 0 Å². The van der Waals surface area contributed by atoms with Gasteiger partial charge < -0.3 is 9.72 Å². The van der Waals surface area contributed by atoms with Gasteiger partial charge in [0.15, 0.2) is 0 Å². The van der Waals surface area contributed by atoms with Gasteiger partial charge in [-0.3, -0.25) is 0 Å². The summed E-state index contributed by atoms with van der Waals surface area (Å²) >= 11 is 1.93. The number of hydrogen-bond acceptors (Lipinski definition) is 2. The summed E-state index contributed by atoms with van der Waals surface area (Å²) < 4.78 is 5.44. The van der Waals surface area contributed by atoms with Crippen molar-refractivity contribution in [2.75, 3.05) is 7.11 Å². The first-order valence-electron chi connectivity index (χ1n) is 7.09. The number of benzene rings is 2. The van der Waals surface area contributed by atoms with Crippen LogP contribution in [0.4, 0.5) is 0 Å². The van der Waals surface area contributed by atoms with Crippen molar-refractivity contribution in [1.82, 2.24) is 4.98 Å². The number of hydrogen-bond donors (Lipinski definition) is 1. The van der Waals surface area contributed by atoms with Crippen molar-refractivity contribution in [2.24, 2.45) is 0 Å². The third-order valence-corrected chi connectivity index (χ3v) is 5.42. The highest BCUT2D eigenvalue weighted by Gasteiger charge is 2.34. The molecule has 1 aliphatic heterocycles. The summed E-state index contributed by atoms with van der Waals surface area (Å²) in [6.45, 7) is 4.58. The maximum atomic E-state index is 5.40. The lowest BCUT2D eigenvalue weighted by Gasteiger charge is -2.31. The van der Waals surface area contributed by atoms with Gasteiger partial charge in [-0.25, -0.2) is 0 Å². The monoisotopic (exact) mass is 295 g/mol. The molecule has 0 radical (unpaired) electrons. The van der Waals surface area contributed by atoms with Crippen molar-refractivity contribution in [3.05, 3.63) is 48.0 Å². The first-order chi connectivity index (χ1) is 10.1. The molecular formula is C18H17NOS. The van der Waals surface area contributed by atoms with Gasteiger partial charge in [-0.2, -0.15) is 0 Å². The fraction of sp³-hybridized carbons (Fsp3) is 0.222. The van der Waals surface area contributed by atoms with E-state index in [9.17, 15) is 0 Å². The molecule has 1 aromatic heterocycles. The Kier molecular flexibility index (Phi) is 2.64. The van der Waals surface area contributed by atoms with E-state index in [4.69, 9.17) is 4.74 Å². The molecule has 0 unspecified atom stereocenters. The Balaban J connectivity index is 2.10. The molecule has 3 heteroatoms. The second-order valence-electron chi connectivity index (χ2n) is 5.90. The molecule has 0 saturated heterocycles. The quantitative estimate of drug-likeness (QED) is 0.668. The zero-order valence-electron chi connectivity index (χ0n) is 12.4. The third-order valence-electron chi connectivity index (χ3n) is 4.13. The molecule has 106 valence electrons. The largest absolute Gasteiger partial charge is 0.497 e. The first-order valence-corrected chi connectivity index (χ1v) is 7.90. The van der Waals surface area contributed by atoms with Gasteiger partial charge in [0.2, 0.25) is 0 Å². The predicted octanol–water partition coefficient (Wildman–Crippen LogP) is 5.18. The molecule has 0 saturated carbocycles. The summed E-state index contributed by atoms with van der Waals surface area (Å²) in [4.78, 5) is 4.95. The minimum absolute atomic E-state index is 0.0360. The summed E-state index contributed by atoms with van der Waals surface area (Å²) in [5.41, 5.74) is 5.09. The SMILES string of the molecule is COc1ccc2[nH]c3c(c2c1)C(C)(C)Sc1ccccc1-3. The van der Waals surface area contributed by atoms with E-state index >= 15 is 0 Å². The van der Waals surface area contributed by atoms with Crippen LogP contribution in [-0.2, 0) is 4.75 Å². The average Bonchev–Trinajstić information content (AvgIpc) is 2.86. The van der Waals surface area contributed by atoms with Crippen LogP contribution in [0, 0.1) is 0 Å². The molecule has 0 fully saturated rings. The minimum atomic E-state index is 0.0360. The number of fused-ring (bicyclic) bond motifs is 5. The van der Waals surface area contributed by atoms with E-state index in [0.717, 1.165) is 5.75 Å². The molecule has 0 aliphatic carbocycles. The standard InChI is InChI=1S/C18H17NOS/c1-18(2)16-13-10-11(20-3)8-9-14(13)19-17(16)12-6-4-5-7-15(12)21-18/h4-10,19H,1-3H3.